The topological polar surface area (TPSA) is 68.8 Å². The highest BCUT2D eigenvalue weighted by atomic mass is 79.9. The van der Waals surface area contributed by atoms with E-state index >= 15 is 0 Å². The van der Waals surface area contributed by atoms with Crippen LogP contribution >= 0.6 is 27.7 Å². The Labute approximate surface area is 118 Å². The largest absolute Gasteiger partial charge is 0.271 e. The molecule has 0 radical (unpaired) electrons. The Bertz CT molecular complexity index is 516. The fourth-order valence-corrected chi connectivity index (χ4v) is 3.19. The Morgan fingerprint density at radius 3 is 2.89 bits per heavy atom. The van der Waals surface area contributed by atoms with Crippen LogP contribution in [0.2, 0.25) is 0 Å². The molecule has 18 heavy (non-hydrogen) atoms. The Morgan fingerprint density at radius 1 is 1.50 bits per heavy atom. The van der Waals surface area contributed by atoms with Gasteiger partial charge in [0.15, 0.2) is 0 Å². The summed E-state index contributed by atoms with van der Waals surface area (Å²) in [6, 6.07) is 8.13. The second-order valence-electron chi connectivity index (χ2n) is 3.74. The molecule has 0 aliphatic rings. The summed E-state index contributed by atoms with van der Waals surface area (Å²) in [7, 11) is 1.86. The number of thioether (sulfide) groups is 1. The lowest BCUT2D eigenvalue weighted by Gasteiger charge is -2.15. The van der Waals surface area contributed by atoms with Crippen molar-refractivity contribution in [2.45, 2.75) is 10.9 Å². The first-order valence-corrected chi connectivity index (χ1v) is 7.18. The third kappa shape index (κ3) is 3.11. The minimum atomic E-state index is 0.0158. The van der Waals surface area contributed by atoms with Crippen molar-refractivity contribution in [1.29, 1.82) is 0 Å². The SMILES string of the molecule is Cn1nncc1C(CSc1ccccc1Br)NN. The molecule has 0 saturated carbocycles. The van der Waals surface area contributed by atoms with Crippen LogP contribution in [0.15, 0.2) is 39.8 Å². The monoisotopic (exact) mass is 327 g/mol. The van der Waals surface area contributed by atoms with Gasteiger partial charge in [0.25, 0.3) is 0 Å². The Kier molecular flexibility index (Phi) is 4.76. The number of rotatable bonds is 5. The first kappa shape index (κ1) is 13.5. The van der Waals surface area contributed by atoms with Gasteiger partial charge in [-0.15, -0.1) is 16.9 Å². The predicted molar refractivity (Wildman–Crippen MR) is 75.9 cm³/mol. The molecule has 96 valence electrons. The molecule has 5 nitrogen and oxygen atoms in total. The van der Waals surface area contributed by atoms with Gasteiger partial charge in [-0.1, -0.05) is 17.3 Å². The van der Waals surface area contributed by atoms with Crippen LogP contribution in [0.5, 0.6) is 0 Å². The van der Waals surface area contributed by atoms with Crippen molar-refractivity contribution < 1.29 is 0 Å². The van der Waals surface area contributed by atoms with Crippen LogP contribution in [0, 0.1) is 0 Å². The Hall–Kier alpha value is -0.890. The summed E-state index contributed by atoms with van der Waals surface area (Å²) in [4.78, 5) is 1.19. The van der Waals surface area contributed by atoms with Crippen LogP contribution in [0.4, 0.5) is 0 Å². The van der Waals surface area contributed by atoms with E-state index < -0.39 is 0 Å². The highest BCUT2D eigenvalue weighted by Gasteiger charge is 2.15. The van der Waals surface area contributed by atoms with Crippen molar-refractivity contribution in [3.05, 3.63) is 40.6 Å². The molecule has 1 aromatic carbocycles. The standard InChI is InChI=1S/C11H14BrN5S/c1-17-10(6-14-16-17)9(15-13)7-18-11-5-3-2-4-8(11)12/h2-6,9,15H,7,13H2,1H3. The Balaban J connectivity index is 2.05. The summed E-state index contributed by atoms with van der Waals surface area (Å²) >= 11 is 5.26. The molecule has 3 N–H and O–H groups in total. The highest BCUT2D eigenvalue weighted by Crippen LogP contribution is 2.29. The zero-order valence-electron chi connectivity index (χ0n) is 9.88. The van der Waals surface area contributed by atoms with Gasteiger partial charge in [0, 0.05) is 22.2 Å². The third-order valence-electron chi connectivity index (χ3n) is 2.55. The molecule has 0 spiro atoms. The van der Waals surface area contributed by atoms with Gasteiger partial charge >= 0.3 is 0 Å². The molecule has 1 unspecified atom stereocenters. The fraction of sp³-hybridized carbons (Fsp3) is 0.273. The summed E-state index contributed by atoms with van der Waals surface area (Å²) in [5.74, 6) is 6.40. The van der Waals surface area contributed by atoms with E-state index in [0.29, 0.717) is 0 Å². The number of nitrogens with one attached hydrogen (secondary N) is 1. The van der Waals surface area contributed by atoms with Gasteiger partial charge in [0.1, 0.15) is 0 Å². The molecular formula is C11H14BrN5S. The zero-order valence-corrected chi connectivity index (χ0v) is 12.3. The van der Waals surface area contributed by atoms with Crippen molar-refractivity contribution >= 4 is 27.7 Å². The number of nitrogens with two attached hydrogens (primary N) is 1. The van der Waals surface area contributed by atoms with Crippen molar-refractivity contribution in [1.82, 2.24) is 20.4 Å². The van der Waals surface area contributed by atoms with Gasteiger partial charge in [-0.05, 0) is 28.1 Å². The number of hydrazine groups is 1. The van der Waals surface area contributed by atoms with E-state index in [0.717, 1.165) is 15.9 Å². The van der Waals surface area contributed by atoms with E-state index in [9.17, 15) is 0 Å². The van der Waals surface area contributed by atoms with Gasteiger partial charge < -0.3 is 0 Å². The van der Waals surface area contributed by atoms with Gasteiger partial charge in [-0.25, -0.2) is 0 Å². The summed E-state index contributed by atoms with van der Waals surface area (Å²) < 4.78 is 2.82. The van der Waals surface area contributed by atoms with Gasteiger partial charge in [-0.2, -0.15) is 0 Å². The number of halogens is 1. The lowest BCUT2D eigenvalue weighted by atomic mass is 10.3. The third-order valence-corrected chi connectivity index (χ3v) is 4.67. The van der Waals surface area contributed by atoms with E-state index in [2.05, 4.69) is 37.7 Å². The maximum absolute atomic E-state index is 5.59. The minimum Gasteiger partial charge on any atom is -0.271 e. The first-order valence-electron chi connectivity index (χ1n) is 5.40. The van der Waals surface area contributed by atoms with E-state index in [1.807, 2.05) is 25.2 Å². The summed E-state index contributed by atoms with van der Waals surface area (Å²) in [5, 5.41) is 7.77. The number of hydrogen-bond donors (Lipinski definition) is 2. The van der Waals surface area contributed by atoms with Crippen LogP contribution in [0.1, 0.15) is 11.7 Å². The van der Waals surface area contributed by atoms with E-state index in [4.69, 9.17) is 5.84 Å². The molecule has 0 fully saturated rings. The summed E-state index contributed by atoms with van der Waals surface area (Å²) in [5.41, 5.74) is 3.77. The van der Waals surface area contributed by atoms with Gasteiger partial charge in [0.05, 0.1) is 17.9 Å². The average molecular weight is 328 g/mol. The lowest BCUT2D eigenvalue weighted by molar-refractivity contribution is 0.551. The second kappa shape index (κ2) is 6.33. The van der Waals surface area contributed by atoms with Crippen molar-refractivity contribution in [3.63, 3.8) is 0 Å². The molecule has 0 aliphatic carbocycles. The van der Waals surface area contributed by atoms with Crippen LogP contribution in [0.25, 0.3) is 0 Å². The Morgan fingerprint density at radius 2 is 2.28 bits per heavy atom. The fourth-order valence-electron chi connectivity index (χ4n) is 1.57. The molecule has 1 aromatic heterocycles. The maximum Gasteiger partial charge on any atom is 0.0775 e. The van der Waals surface area contributed by atoms with Crippen LogP contribution in [0.3, 0.4) is 0 Å². The van der Waals surface area contributed by atoms with Crippen LogP contribution < -0.4 is 11.3 Å². The highest BCUT2D eigenvalue weighted by molar-refractivity contribution is 9.10. The van der Waals surface area contributed by atoms with Crippen molar-refractivity contribution in [2.24, 2.45) is 12.9 Å². The van der Waals surface area contributed by atoms with E-state index in [1.54, 1.807) is 22.6 Å². The molecule has 0 saturated heterocycles. The zero-order chi connectivity index (χ0) is 13.0. The number of benzene rings is 1. The van der Waals surface area contributed by atoms with Gasteiger partial charge in [0.2, 0.25) is 0 Å². The maximum atomic E-state index is 5.59. The summed E-state index contributed by atoms with van der Waals surface area (Å²) in [6.07, 6.45) is 1.73. The average Bonchev–Trinajstić information content (AvgIpc) is 2.79. The number of aromatic nitrogens is 3. The van der Waals surface area contributed by atoms with E-state index in [-0.39, 0.29) is 6.04 Å². The van der Waals surface area contributed by atoms with Crippen LogP contribution in [-0.2, 0) is 7.05 Å². The number of aryl methyl sites for hydroxylation is 1. The molecule has 2 rings (SSSR count). The van der Waals surface area contributed by atoms with Gasteiger partial charge in [-0.3, -0.25) is 16.0 Å². The van der Waals surface area contributed by atoms with Crippen molar-refractivity contribution in [3.8, 4) is 0 Å². The predicted octanol–water partition coefficient (Wildman–Crippen LogP) is 1.87. The summed E-state index contributed by atoms with van der Waals surface area (Å²) in [6.45, 7) is 0. The number of hydrogen-bond acceptors (Lipinski definition) is 5. The van der Waals surface area contributed by atoms with Crippen LogP contribution in [-0.4, -0.2) is 20.7 Å². The molecule has 0 bridgehead atoms. The molecule has 7 heteroatoms. The molecule has 2 aromatic rings. The minimum absolute atomic E-state index is 0.0158. The molecule has 1 atom stereocenters. The second-order valence-corrected chi connectivity index (χ2v) is 5.66. The molecular weight excluding hydrogens is 314 g/mol. The lowest BCUT2D eigenvalue weighted by Crippen LogP contribution is -2.31. The smallest absolute Gasteiger partial charge is 0.0775 e. The number of nitrogens with zero attached hydrogens (tertiary/aromatic N) is 3. The van der Waals surface area contributed by atoms with Crippen molar-refractivity contribution in [2.75, 3.05) is 5.75 Å². The quantitative estimate of drug-likeness (QED) is 0.498. The first-order chi connectivity index (χ1) is 8.72. The normalized spacial score (nSPS) is 12.6. The molecule has 0 aliphatic heterocycles. The van der Waals surface area contributed by atoms with E-state index in [1.165, 1.54) is 4.90 Å². The molecule has 0 amide bonds. The molecule has 1 heterocycles.